The summed E-state index contributed by atoms with van der Waals surface area (Å²) in [6, 6.07) is 0. The summed E-state index contributed by atoms with van der Waals surface area (Å²) in [5, 5.41) is 9.23. The number of hydrogen-bond acceptors (Lipinski definition) is 3. The van der Waals surface area contributed by atoms with Crippen LogP contribution in [-0.4, -0.2) is 23.3 Å². The van der Waals surface area contributed by atoms with E-state index >= 15 is 0 Å². The van der Waals surface area contributed by atoms with Gasteiger partial charge >= 0.3 is 5.97 Å². The summed E-state index contributed by atoms with van der Waals surface area (Å²) in [5.41, 5.74) is 0. The lowest BCUT2D eigenvalue weighted by molar-refractivity contribution is -0.142. The maximum atomic E-state index is 11.0. The zero-order valence-electron chi connectivity index (χ0n) is 7.64. The van der Waals surface area contributed by atoms with E-state index in [2.05, 4.69) is 0 Å². The summed E-state index contributed by atoms with van der Waals surface area (Å²) in [7, 11) is 0. The van der Waals surface area contributed by atoms with Crippen LogP contribution in [0.25, 0.3) is 0 Å². The van der Waals surface area contributed by atoms with E-state index in [0.717, 1.165) is 12.8 Å². The monoisotopic (exact) mass is 182 g/mol. The molecule has 3 nitrogen and oxygen atoms in total. The summed E-state index contributed by atoms with van der Waals surface area (Å²) < 4.78 is 5.00. The van der Waals surface area contributed by atoms with Crippen molar-refractivity contribution in [3.8, 4) is 0 Å². The quantitative estimate of drug-likeness (QED) is 0.452. The predicted molar refractivity (Wildman–Crippen MR) is 49.1 cm³/mol. The number of aliphatic hydroxyl groups excluding tert-OH is 1. The van der Waals surface area contributed by atoms with Crippen molar-refractivity contribution in [1.29, 1.82) is 0 Å². The lowest BCUT2D eigenvalue weighted by Gasteiger charge is -2.11. The zero-order chi connectivity index (χ0) is 9.68. The molecule has 1 heterocycles. The smallest absolute Gasteiger partial charge is 0.330 e. The van der Waals surface area contributed by atoms with Crippen LogP contribution in [0.5, 0.6) is 0 Å². The van der Waals surface area contributed by atoms with E-state index in [-0.39, 0.29) is 12.1 Å². The Labute approximate surface area is 77.7 Å². The molecule has 1 rings (SSSR count). The van der Waals surface area contributed by atoms with Crippen LogP contribution in [-0.2, 0) is 9.53 Å². The standard InChI is InChI=1S/C10H14O3/c1-8-4-2-3-5-9(11)6-7-10(12)13-8/h3,5-9,11H,2,4H2,1H3/b5-3-,7-6-/t8-,9-/m1/s1. The van der Waals surface area contributed by atoms with E-state index in [0.29, 0.717) is 0 Å². The first kappa shape index (κ1) is 9.99. The molecule has 0 aliphatic carbocycles. The maximum absolute atomic E-state index is 11.0. The molecule has 1 N–H and O–H groups in total. The topological polar surface area (TPSA) is 46.5 Å². The molecule has 0 unspecified atom stereocenters. The van der Waals surface area contributed by atoms with Gasteiger partial charge in [0.05, 0.1) is 12.2 Å². The number of hydrogen-bond donors (Lipinski definition) is 1. The fourth-order valence-electron chi connectivity index (χ4n) is 1.10. The van der Waals surface area contributed by atoms with Gasteiger partial charge in [-0.05, 0) is 25.8 Å². The van der Waals surface area contributed by atoms with E-state index in [9.17, 15) is 9.90 Å². The average Bonchev–Trinajstić information content (AvgIpc) is 2.08. The highest BCUT2D eigenvalue weighted by Crippen LogP contribution is 2.06. The van der Waals surface area contributed by atoms with Crippen molar-refractivity contribution < 1.29 is 14.6 Å². The average molecular weight is 182 g/mol. The van der Waals surface area contributed by atoms with E-state index in [1.54, 1.807) is 6.08 Å². The summed E-state index contributed by atoms with van der Waals surface area (Å²) >= 11 is 0. The van der Waals surface area contributed by atoms with Crippen LogP contribution in [0.2, 0.25) is 0 Å². The molecule has 0 spiro atoms. The number of carbonyl (C=O) groups excluding carboxylic acids is 1. The minimum absolute atomic E-state index is 0.0583. The Morgan fingerprint density at radius 3 is 3.08 bits per heavy atom. The molecule has 0 aromatic heterocycles. The number of ether oxygens (including phenoxy) is 1. The van der Waals surface area contributed by atoms with Gasteiger partial charge in [0.2, 0.25) is 0 Å². The van der Waals surface area contributed by atoms with Crippen LogP contribution in [0.1, 0.15) is 19.8 Å². The highest BCUT2D eigenvalue weighted by atomic mass is 16.5. The first-order valence-corrected chi connectivity index (χ1v) is 4.42. The summed E-state index contributed by atoms with van der Waals surface area (Å²) in [4.78, 5) is 11.0. The fraction of sp³-hybridized carbons (Fsp3) is 0.500. The SMILES string of the molecule is C[C@@H]1CC/C=C\[C@@H](O)/C=C\C(=O)O1. The second kappa shape index (κ2) is 4.82. The molecule has 0 amide bonds. The third kappa shape index (κ3) is 3.90. The molecule has 0 radical (unpaired) electrons. The van der Waals surface area contributed by atoms with Crippen LogP contribution in [0.3, 0.4) is 0 Å². The summed E-state index contributed by atoms with van der Waals surface area (Å²) in [6.45, 7) is 1.86. The first-order chi connectivity index (χ1) is 6.18. The summed E-state index contributed by atoms with van der Waals surface area (Å²) in [5.74, 6) is -0.387. The number of rotatable bonds is 0. The molecule has 3 heteroatoms. The largest absolute Gasteiger partial charge is 0.460 e. The molecule has 2 atom stereocenters. The molecule has 1 aliphatic heterocycles. The lowest BCUT2D eigenvalue weighted by atomic mass is 10.2. The second-order valence-corrected chi connectivity index (χ2v) is 3.10. The zero-order valence-corrected chi connectivity index (χ0v) is 7.64. The minimum atomic E-state index is -0.680. The molecule has 0 fully saturated rings. The van der Waals surface area contributed by atoms with Gasteiger partial charge in [0.15, 0.2) is 0 Å². The fourth-order valence-corrected chi connectivity index (χ4v) is 1.10. The second-order valence-electron chi connectivity index (χ2n) is 3.10. The van der Waals surface area contributed by atoms with Gasteiger partial charge in [-0.15, -0.1) is 0 Å². The van der Waals surface area contributed by atoms with Crippen molar-refractivity contribution in [3.63, 3.8) is 0 Å². The van der Waals surface area contributed by atoms with Crippen molar-refractivity contribution in [3.05, 3.63) is 24.3 Å². The highest BCUT2D eigenvalue weighted by molar-refractivity contribution is 5.82. The number of esters is 1. The van der Waals surface area contributed by atoms with E-state index < -0.39 is 6.10 Å². The van der Waals surface area contributed by atoms with Crippen molar-refractivity contribution in [1.82, 2.24) is 0 Å². The van der Waals surface area contributed by atoms with Gasteiger partial charge in [-0.2, -0.15) is 0 Å². The maximum Gasteiger partial charge on any atom is 0.330 e. The van der Waals surface area contributed by atoms with E-state index in [1.807, 2.05) is 13.0 Å². The molecule has 1 aliphatic rings. The van der Waals surface area contributed by atoms with Crippen LogP contribution in [0.15, 0.2) is 24.3 Å². The Kier molecular flexibility index (Phi) is 3.71. The van der Waals surface area contributed by atoms with Crippen molar-refractivity contribution >= 4 is 5.97 Å². The molecule has 0 aromatic rings. The van der Waals surface area contributed by atoms with Crippen LogP contribution in [0, 0.1) is 0 Å². The number of allylic oxidation sites excluding steroid dienone is 1. The Balaban J connectivity index is 2.62. The minimum Gasteiger partial charge on any atom is -0.460 e. The molecule has 13 heavy (non-hydrogen) atoms. The van der Waals surface area contributed by atoms with E-state index in [4.69, 9.17) is 4.74 Å². The summed E-state index contributed by atoms with van der Waals surface area (Å²) in [6.07, 6.45) is 7.11. The van der Waals surface area contributed by atoms with E-state index in [1.165, 1.54) is 12.2 Å². The van der Waals surface area contributed by atoms with Gasteiger partial charge in [0.1, 0.15) is 0 Å². The third-order valence-electron chi connectivity index (χ3n) is 1.82. The molecular formula is C10H14O3. The highest BCUT2D eigenvalue weighted by Gasteiger charge is 2.07. The van der Waals surface area contributed by atoms with Gasteiger partial charge < -0.3 is 9.84 Å². The molecule has 0 saturated heterocycles. The van der Waals surface area contributed by atoms with Crippen LogP contribution < -0.4 is 0 Å². The van der Waals surface area contributed by atoms with Crippen molar-refractivity contribution in [2.45, 2.75) is 32.0 Å². The van der Waals surface area contributed by atoms with Gasteiger partial charge in [-0.25, -0.2) is 4.79 Å². The first-order valence-electron chi connectivity index (χ1n) is 4.42. The Hall–Kier alpha value is -1.09. The van der Waals surface area contributed by atoms with Gasteiger partial charge in [-0.3, -0.25) is 0 Å². The van der Waals surface area contributed by atoms with Crippen molar-refractivity contribution in [2.75, 3.05) is 0 Å². The van der Waals surface area contributed by atoms with Crippen LogP contribution >= 0.6 is 0 Å². The number of cyclic esters (lactones) is 1. The molecule has 0 aromatic carbocycles. The Morgan fingerprint density at radius 1 is 1.54 bits per heavy atom. The lowest BCUT2D eigenvalue weighted by Crippen LogP contribution is -2.14. The van der Waals surface area contributed by atoms with Gasteiger partial charge in [0.25, 0.3) is 0 Å². The number of aliphatic hydroxyl groups is 1. The molecule has 72 valence electrons. The Morgan fingerprint density at radius 2 is 2.31 bits per heavy atom. The van der Waals surface area contributed by atoms with Crippen LogP contribution in [0.4, 0.5) is 0 Å². The van der Waals surface area contributed by atoms with Gasteiger partial charge in [0, 0.05) is 6.08 Å². The molecule has 0 bridgehead atoms. The molecular weight excluding hydrogens is 168 g/mol. The normalized spacial score (nSPS) is 34.8. The molecule has 0 saturated carbocycles. The van der Waals surface area contributed by atoms with Crippen molar-refractivity contribution in [2.24, 2.45) is 0 Å². The Bertz CT molecular complexity index is 230. The van der Waals surface area contributed by atoms with Gasteiger partial charge in [-0.1, -0.05) is 12.2 Å². The third-order valence-corrected chi connectivity index (χ3v) is 1.82. The number of carbonyl (C=O) groups is 1. The predicted octanol–water partition coefficient (Wildman–Crippen LogP) is 1.19.